The Morgan fingerprint density at radius 1 is 1.15 bits per heavy atom. The zero-order chi connectivity index (χ0) is 18.5. The van der Waals surface area contributed by atoms with Crippen LogP contribution in [0.3, 0.4) is 0 Å². The smallest absolute Gasteiger partial charge is 0.248 e. The first-order valence-electron chi connectivity index (χ1n) is 7.88. The molecule has 0 atom stereocenters. The molecule has 1 amide bonds. The van der Waals surface area contributed by atoms with Gasteiger partial charge in [-0.2, -0.15) is 4.80 Å². The molecule has 8 nitrogen and oxygen atoms in total. The first-order valence-corrected chi connectivity index (χ1v) is 7.88. The number of ether oxygens (including phenoxy) is 1. The molecule has 3 aromatic rings. The monoisotopic (exact) mass is 351 g/mol. The Bertz CT molecular complexity index is 934. The molecule has 3 rings (SSSR count). The van der Waals surface area contributed by atoms with Crippen LogP contribution in [0, 0.1) is 0 Å². The average molecular weight is 351 g/mol. The van der Waals surface area contributed by atoms with Crippen LogP contribution in [0.25, 0.3) is 11.4 Å². The summed E-state index contributed by atoms with van der Waals surface area (Å²) in [7, 11) is 1.59. The number of rotatable bonds is 6. The van der Waals surface area contributed by atoms with Crippen molar-refractivity contribution >= 4 is 17.4 Å². The fourth-order valence-corrected chi connectivity index (χ4v) is 2.31. The van der Waals surface area contributed by atoms with Crippen molar-refractivity contribution in [2.45, 2.75) is 13.5 Å². The van der Waals surface area contributed by atoms with Gasteiger partial charge in [-0.15, -0.1) is 10.2 Å². The zero-order valence-corrected chi connectivity index (χ0v) is 14.3. The van der Waals surface area contributed by atoms with Gasteiger partial charge in [0.25, 0.3) is 0 Å². The van der Waals surface area contributed by atoms with E-state index in [-0.39, 0.29) is 18.2 Å². The minimum Gasteiger partial charge on any atom is -0.497 e. The largest absolute Gasteiger partial charge is 0.497 e. The maximum atomic E-state index is 12.2. The molecule has 8 heteroatoms. The summed E-state index contributed by atoms with van der Waals surface area (Å²) in [6, 6.07) is 14.0. The minimum atomic E-state index is -0.315. The van der Waals surface area contributed by atoms with Crippen molar-refractivity contribution in [3.8, 4) is 17.1 Å². The van der Waals surface area contributed by atoms with E-state index in [1.54, 1.807) is 43.5 Å². The van der Waals surface area contributed by atoms with E-state index < -0.39 is 0 Å². The normalized spacial score (nSPS) is 10.4. The summed E-state index contributed by atoms with van der Waals surface area (Å²) in [5.74, 6) is 0.764. The molecule has 0 aliphatic rings. The van der Waals surface area contributed by atoms with Crippen molar-refractivity contribution in [1.82, 2.24) is 20.2 Å². The van der Waals surface area contributed by atoms with Crippen molar-refractivity contribution in [2.75, 3.05) is 12.4 Å². The molecule has 0 saturated heterocycles. The average Bonchev–Trinajstić information content (AvgIpc) is 3.10. The molecule has 2 aromatic carbocycles. The number of carbonyl (C=O) groups is 2. The fourth-order valence-electron chi connectivity index (χ4n) is 2.31. The van der Waals surface area contributed by atoms with Gasteiger partial charge in [-0.1, -0.05) is 12.1 Å². The van der Waals surface area contributed by atoms with Crippen molar-refractivity contribution < 1.29 is 14.3 Å². The van der Waals surface area contributed by atoms with Gasteiger partial charge >= 0.3 is 0 Å². The van der Waals surface area contributed by atoms with Gasteiger partial charge in [0.15, 0.2) is 5.78 Å². The predicted molar refractivity (Wildman–Crippen MR) is 94.9 cm³/mol. The van der Waals surface area contributed by atoms with Gasteiger partial charge in [0.05, 0.1) is 7.11 Å². The van der Waals surface area contributed by atoms with Crippen LogP contribution in [0.4, 0.5) is 5.69 Å². The van der Waals surface area contributed by atoms with Crippen LogP contribution >= 0.6 is 0 Å². The van der Waals surface area contributed by atoms with E-state index in [2.05, 4.69) is 20.7 Å². The highest BCUT2D eigenvalue weighted by molar-refractivity contribution is 5.97. The van der Waals surface area contributed by atoms with Gasteiger partial charge in [0, 0.05) is 16.8 Å². The molecule has 0 unspecified atom stereocenters. The van der Waals surface area contributed by atoms with E-state index >= 15 is 0 Å². The van der Waals surface area contributed by atoms with Crippen molar-refractivity contribution in [3.05, 3.63) is 54.1 Å². The molecule has 0 aliphatic carbocycles. The standard InChI is InChI=1S/C18H17N5O3/c1-12(24)14-4-3-5-15(10-14)19-17(25)11-23-21-18(20-22-23)13-6-8-16(26-2)9-7-13/h3-10H,11H2,1-2H3,(H,19,25). The number of hydrogen-bond donors (Lipinski definition) is 1. The number of hydrogen-bond acceptors (Lipinski definition) is 6. The Kier molecular flexibility index (Phi) is 5.02. The molecule has 0 spiro atoms. The molecular formula is C18H17N5O3. The molecule has 132 valence electrons. The van der Waals surface area contributed by atoms with Crippen LogP contribution in [0.5, 0.6) is 5.75 Å². The van der Waals surface area contributed by atoms with Gasteiger partial charge < -0.3 is 10.1 Å². The topological polar surface area (TPSA) is 99.0 Å². The number of carbonyl (C=O) groups excluding carboxylic acids is 2. The van der Waals surface area contributed by atoms with Crippen LogP contribution in [-0.2, 0) is 11.3 Å². The number of benzene rings is 2. The van der Waals surface area contributed by atoms with Gasteiger partial charge in [-0.05, 0) is 48.5 Å². The SMILES string of the molecule is COc1ccc(-c2nnn(CC(=O)Nc3cccc(C(C)=O)c3)n2)cc1. The van der Waals surface area contributed by atoms with Crippen LogP contribution in [0.1, 0.15) is 17.3 Å². The summed E-state index contributed by atoms with van der Waals surface area (Å²) >= 11 is 0. The third-order valence-electron chi connectivity index (χ3n) is 3.64. The summed E-state index contributed by atoms with van der Waals surface area (Å²) in [5.41, 5.74) is 1.84. The molecule has 0 saturated carbocycles. The summed E-state index contributed by atoms with van der Waals surface area (Å²) in [6.45, 7) is 1.38. The lowest BCUT2D eigenvalue weighted by atomic mass is 10.1. The second kappa shape index (κ2) is 7.56. The van der Waals surface area contributed by atoms with Crippen LogP contribution in [0.15, 0.2) is 48.5 Å². The number of methoxy groups -OCH3 is 1. The highest BCUT2D eigenvalue weighted by atomic mass is 16.5. The molecule has 0 radical (unpaired) electrons. The second-order valence-electron chi connectivity index (χ2n) is 5.56. The predicted octanol–water partition coefficient (Wildman–Crippen LogP) is 2.19. The van der Waals surface area contributed by atoms with E-state index in [0.717, 1.165) is 11.3 Å². The number of amides is 1. The maximum Gasteiger partial charge on any atom is 0.248 e. The Balaban J connectivity index is 1.65. The van der Waals surface area contributed by atoms with E-state index in [1.807, 2.05) is 12.1 Å². The number of nitrogens with zero attached hydrogens (tertiary/aromatic N) is 4. The summed E-state index contributed by atoms with van der Waals surface area (Å²) < 4.78 is 5.11. The Morgan fingerprint density at radius 3 is 2.62 bits per heavy atom. The lowest BCUT2D eigenvalue weighted by Crippen LogP contribution is -2.20. The molecule has 0 fully saturated rings. The van der Waals surface area contributed by atoms with E-state index in [9.17, 15) is 9.59 Å². The summed E-state index contributed by atoms with van der Waals surface area (Å²) in [5, 5.41) is 14.8. The van der Waals surface area contributed by atoms with E-state index in [0.29, 0.717) is 17.1 Å². The highest BCUT2D eigenvalue weighted by Gasteiger charge is 2.10. The Labute approximate surface area is 149 Å². The third kappa shape index (κ3) is 4.10. The molecule has 1 heterocycles. The van der Waals surface area contributed by atoms with Gasteiger partial charge in [0.1, 0.15) is 12.3 Å². The Morgan fingerprint density at radius 2 is 1.92 bits per heavy atom. The number of tetrazole rings is 1. The molecule has 0 aliphatic heterocycles. The third-order valence-corrected chi connectivity index (χ3v) is 3.64. The van der Waals surface area contributed by atoms with Gasteiger partial charge in [-0.25, -0.2) is 0 Å². The first kappa shape index (κ1) is 17.3. The summed E-state index contributed by atoms with van der Waals surface area (Å²) in [4.78, 5) is 24.8. The van der Waals surface area contributed by atoms with Crippen LogP contribution in [-0.4, -0.2) is 39.0 Å². The molecular weight excluding hydrogens is 334 g/mol. The fraction of sp³-hybridized carbons (Fsp3) is 0.167. The Hall–Kier alpha value is -3.55. The molecule has 0 bridgehead atoms. The van der Waals surface area contributed by atoms with Crippen molar-refractivity contribution in [2.24, 2.45) is 0 Å². The first-order chi connectivity index (χ1) is 12.5. The molecule has 26 heavy (non-hydrogen) atoms. The lowest BCUT2D eigenvalue weighted by Gasteiger charge is -2.05. The number of ketones is 1. The van der Waals surface area contributed by atoms with Crippen molar-refractivity contribution in [3.63, 3.8) is 0 Å². The zero-order valence-electron chi connectivity index (χ0n) is 14.3. The van der Waals surface area contributed by atoms with Gasteiger partial charge in [-0.3, -0.25) is 9.59 Å². The number of anilines is 1. The summed E-state index contributed by atoms with van der Waals surface area (Å²) in [6.07, 6.45) is 0. The molecule has 1 aromatic heterocycles. The minimum absolute atomic E-state index is 0.0665. The number of aromatic nitrogens is 4. The van der Waals surface area contributed by atoms with Crippen LogP contribution in [0.2, 0.25) is 0 Å². The number of Topliss-reactive ketones (excluding diaryl/α,β-unsaturated/α-hetero) is 1. The number of nitrogens with one attached hydrogen (secondary N) is 1. The van der Waals surface area contributed by atoms with E-state index in [1.165, 1.54) is 11.7 Å². The quantitative estimate of drug-likeness (QED) is 0.684. The second-order valence-corrected chi connectivity index (χ2v) is 5.56. The molecule has 1 N–H and O–H groups in total. The van der Waals surface area contributed by atoms with Gasteiger partial charge in [0.2, 0.25) is 11.7 Å². The van der Waals surface area contributed by atoms with Crippen LogP contribution < -0.4 is 10.1 Å². The lowest BCUT2D eigenvalue weighted by molar-refractivity contribution is -0.117. The maximum absolute atomic E-state index is 12.2. The highest BCUT2D eigenvalue weighted by Crippen LogP contribution is 2.18. The van der Waals surface area contributed by atoms with Crippen molar-refractivity contribution in [1.29, 1.82) is 0 Å². The van der Waals surface area contributed by atoms with E-state index in [4.69, 9.17) is 4.74 Å².